The number of amides is 4. The predicted octanol–water partition coefficient (Wildman–Crippen LogP) is 2.07. The van der Waals surface area contributed by atoms with Crippen molar-refractivity contribution in [1.29, 1.82) is 0 Å². The first-order valence-electron chi connectivity index (χ1n) is 8.85. The number of urea groups is 1. The molecule has 1 aliphatic heterocycles. The van der Waals surface area contributed by atoms with Crippen molar-refractivity contribution >= 4 is 35.6 Å². The van der Waals surface area contributed by atoms with Crippen LogP contribution in [0.3, 0.4) is 0 Å². The number of barbiturate groups is 1. The Balaban J connectivity index is 1.95. The van der Waals surface area contributed by atoms with Crippen LogP contribution in [0.25, 0.3) is 6.08 Å². The van der Waals surface area contributed by atoms with Crippen LogP contribution in [0.1, 0.15) is 15.9 Å². The van der Waals surface area contributed by atoms with Gasteiger partial charge in [-0.05, 0) is 48.0 Å². The molecule has 31 heavy (non-hydrogen) atoms. The van der Waals surface area contributed by atoms with E-state index in [1.807, 2.05) is 0 Å². The first-order chi connectivity index (χ1) is 14.8. The lowest BCUT2D eigenvalue weighted by atomic mass is 10.1. The third kappa shape index (κ3) is 4.38. The van der Waals surface area contributed by atoms with Crippen molar-refractivity contribution in [2.24, 2.45) is 0 Å². The number of carbonyl (C=O) groups excluding carboxylic acids is 3. The maximum Gasteiger partial charge on any atom is 0.335 e. The molecule has 9 nitrogen and oxygen atoms in total. The number of rotatable bonds is 6. The first kappa shape index (κ1) is 21.1. The van der Waals surface area contributed by atoms with E-state index in [0.717, 1.165) is 4.90 Å². The van der Waals surface area contributed by atoms with Crippen LogP contribution in [0.4, 0.5) is 10.5 Å². The molecule has 1 saturated heterocycles. The van der Waals surface area contributed by atoms with E-state index >= 15 is 0 Å². The fourth-order valence-corrected chi connectivity index (χ4v) is 2.82. The van der Waals surface area contributed by atoms with Crippen LogP contribution in [0.15, 0.2) is 48.0 Å². The van der Waals surface area contributed by atoms with Crippen LogP contribution in [0, 0.1) is 12.3 Å². The van der Waals surface area contributed by atoms with Crippen molar-refractivity contribution in [3.05, 3.63) is 59.2 Å². The lowest BCUT2D eigenvalue weighted by Gasteiger charge is -2.26. The number of hydrogen-bond donors (Lipinski definition) is 2. The third-order valence-electron chi connectivity index (χ3n) is 4.28. The fourth-order valence-electron chi connectivity index (χ4n) is 2.82. The summed E-state index contributed by atoms with van der Waals surface area (Å²) in [5, 5.41) is 11.1. The minimum absolute atomic E-state index is 0.0142. The van der Waals surface area contributed by atoms with E-state index < -0.39 is 23.8 Å². The van der Waals surface area contributed by atoms with Gasteiger partial charge in [0.25, 0.3) is 11.8 Å². The Morgan fingerprint density at radius 2 is 1.87 bits per heavy atom. The largest absolute Gasteiger partial charge is 0.493 e. The number of aromatic carboxylic acids is 1. The predicted molar refractivity (Wildman–Crippen MR) is 110 cm³/mol. The van der Waals surface area contributed by atoms with Gasteiger partial charge in [0.2, 0.25) is 0 Å². The summed E-state index contributed by atoms with van der Waals surface area (Å²) in [7, 11) is 1.43. The molecule has 0 bridgehead atoms. The highest BCUT2D eigenvalue weighted by molar-refractivity contribution is 6.39. The molecule has 2 aromatic rings. The summed E-state index contributed by atoms with van der Waals surface area (Å²) in [4.78, 5) is 49.2. The second kappa shape index (κ2) is 8.84. The standard InChI is InChI=1S/C22H16N2O7/c1-3-10-31-17-9-4-13(12-18(17)30-2)11-16-19(25)23-22(29)24(20(16)26)15-7-5-14(6-8-15)21(27)28/h1,4-9,11-12H,10H2,2H3,(H,27,28)(H,23,25,29)/b16-11-. The number of ether oxygens (including phenoxy) is 2. The number of carboxylic acid groups (broad SMARTS) is 1. The van der Waals surface area contributed by atoms with E-state index in [1.54, 1.807) is 18.2 Å². The Labute approximate surface area is 176 Å². The fraction of sp³-hybridized carbons (Fsp3) is 0.0909. The van der Waals surface area contributed by atoms with Crippen molar-refractivity contribution in [3.8, 4) is 23.8 Å². The van der Waals surface area contributed by atoms with Gasteiger partial charge in [0.15, 0.2) is 11.5 Å². The summed E-state index contributed by atoms with van der Waals surface area (Å²) in [6.07, 6.45) is 6.48. The third-order valence-corrected chi connectivity index (χ3v) is 4.28. The van der Waals surface area contributed by atoms with Crippen LogP contribution in [0.5, 0.6) is 11.5 Å². The molecular weight excluding hydrogens is 404 g/mol. The molecule has 0 aromatic heterocycles. The van der Waals surface area contributed by atoms with E-state index in [-0.39, 0.29) is 23.4 Å². The van der Waals surface area contributed by atoms with Gasteiger partial charge in [-0.15, -0.1) is 6.42 Å². The zero-order valence-corrected chi connectivity index (χ0v) is 16.2. The highest BCUT2D eigenvalue weighted by Crippen LogP contribution is 2.30. The molecule has 1 fully saturated rings. The second-order valence-electron chi connectivity index (χ2n) is 6.21. The molecule has 0 spiro atoms. The maximum atomic E-state index is 12.9. The molecule has 0 unspecified atom stereocenters. The SMILES string of the molecule is C#CCOc1ccc(/C=C2/C(=O)NC(=O)N(c3ccc(C(=O)O)cc3)C2=O)cc1OC. The zero-order valence-electron chi connectivity index (χ0n) is 16.2. The van der Waals surface area contributed by atoms with Gasteiger partial charge < -0.3 is 14.6 Å². The molecule has 1 heterocycles. The van der Waals surface area contributed by atoms with Gasteiger partial charge in [0.05, 0.1) is 18.4 Å². The van der Waals surface area contributed by atoms with Gasteiger partial charge in [-0.2, -0.15) is 0 Å². The van der Waals surface area contributed by atoms with Crippen molar-refractivity contribution in [3.63, 3.8) is 0 Å². The molecule has 156 valence electrons. The summed E-state index contributed by atoms with van der Waals surface area (Å²) in [6, 6.07) is 8.86. The first-order valence-corrected chi connectivity index (χ1v) is 8.85. The van der Waals surface area contributed by atoms with E-state index in [9.17, 15) is 19.2 Å². The Hall–Kier alpha value is -4.58. The number of hydrogen-bond acceptors (Lipinski definition) is 6. The van der Waals surface area contributed by atoms with Crippen molar-refractivity contribution in [2.45, 2.75) is 0 Å². The second-order valence-corrected chi connectivity index (χ2v) is 6.21. The lowest BCUT2D eigenvalue weighted by molar-refractivity contribution is -0.122. The Kier molecular flexibility index (Phi) is 6.02. The number of methoxy groups -OCH3 is 1. The highest BCUT2D eigenvalue weighted by atomic mass is 16.5. The van der Waals surface area contributed by atoms with Gasteiger partial charge >= 0.3 is 12.0 Å². The molecule has 4 amide bonds. The number of imide groups is 2. The van der Waals surface area contributed by atoms with Crippen molar-refractivity contribution in [2.75, 3.05) is 18.6 Å². The number of carboxylic acids is 1. The van der Waals surface area contributed by atoms with Gasteiger partial charge in [0, 0.05) is 0 Å². The van der Waals surface area contributed by atoms with E-state index in [0.29, 0.717) is 17.1 Å². The van der Waals surface area contributed by atoms with Gasteiger partial charge in [-0.1, -0.05) is 12.0 Å². The average molecular weight is 420 g/mol. The molecule has 0 aliphatic carbocycles. The number of nitrogens with one attached hydrogen (secondary N) is 1. The number of carbonyl (C=O) groups is 4. The number of nitrogens with zero attached hydrogens (tertiary/aromatic N) is 1. The summed E-state index contributed by atoms with van der Waals surface area (Å²) < 4.78 is 10.6. The normalized spacial score (nSPS) is 14.8. The van der Waals surface area contributed by atoms with Crippen LogP contribution in [-0.2, 0) is 9.59 Å². The monoisotopic (exact) mass is 420 g/mol. The lowest BCUT2D eigenvalue weighted by Crippen LogP contribution is -2.54. The summed E-state index contributed by atoms with van der Waals surface area (Å²) >= 11 is 0. The Morgan fingerprint density at radius 3 is 2.48 bits per heavy atom. The van der Waals surface area contributed by atoms with Crippen molar-refractivity contribution in [1.82, 2.24) is 5.32 Å². The number of terminal acetylenes is 1. The van der Waals surface area contributed by atoms with Gasteiger partial charge in [-0.25, -0.2) is 14.5 Å². The molecule has 3 rings (SSSR count). The van der Waals surface area contributed by atoms with E-state index in [4.69, 9.17) is 21.0 Å². The molecule has 2 aromatic carbocycles. The smallest absolute Gasteiger partial charge is 0.335 e. The topological polar surface area (TPSA) is 122 Å². The van der Waals surface area contributed by atoms with Crippen LogP contribution < -0.4 is 19.7 Å². The van der Waals surface area contributed by atoms with Gasteiger partial charge in [0.1, 0.15) is 12.2 Å². The van der Waals surface area contributed by atoms with Crippen LogP contribution in [0.2, 0.25) is 0 Å². The molecule has 0 saturated carbocycles. The molecule has 9 heteroatoms. The minimum atomic E-state index is -1.15. The van der Waals surface area contributed by atoms with E-state index in [2.05, 4.69) is 11.2 Å². The quantitative estimate of drug-likeness (QED) is 0.417. The van der Waals surface area contributed by atoms with E-state index in [1.165, 1.54) is 37.5 Å². The minimum Gasteiger partial charge on any atom is -0.493 e. The molecule has 2 N–H and O–H groups in total. The summed E-state index contributed by atoms with van der Waals surface area (Å²) in [5.74, 6) is 0.190. The Bertz CT molecular complexity index is 1140. The molecule has 0 radical (unpaired) electrons. The van der Waals surface area contributed by atoms with Crippen molar-refractivity contribution < 1.29 is 33.8 Å². The summed E-state index contributed by atoms with van der Waals surface area (Å²) in [5.41, 5.74) is 0.251. The zero-order chi connectivity index (χ0) is 22.5. The average Bonchev–Trinajstić information content (AvgIpc) is 2.75. The molecule has 0 atom stereocenters. The molecular formula is C22H16N2O7. The molecule has 1 aliphatic rings. The maximum absolute atomic E-state index is 12.9. The Morgan fingerprint density at radius 1 is 1.16 bits per heavy atom. The van der Waals surface area contributed by atoms with Crippen LogP contribution >= 0.6 is 0 Å². The summed E-state index contributed by atoms with van der Waals surface area (Å²) in [6.45, 7) is 0.0371. The highest BCUT2D eigenvalue weighted by Gasteiger charge is 2.36. The van der Waals surface area contributed by atoms with Gasteiger partial charge in [-0.3, -0.25) is 14.9 Å². The van der Waals surface area contributed by atoms with Crippen LogP contribution in [-0.4, -0.2) is 42.6 Å². The number of anilines is 1. The number of benzene rings is 2.